The number of nitrogens with zero attached hydrogens (tertiary/aromatic N) is 2. The Labute approximate surface area is 109 Å². The number of aliphatic hydroxyl groups excluding tert-OH is 1. The lowest BCUT2D eigenvalue weighted by Crippen LogP contribution is -2.02. The fourth-order valence-electron chi connectivity index (χ4n) is 1.90. The number of para-hydroxylation sites is 1. The van der Waals surface area contributed by atoms with Crippen LogP contribution in [0.25, 0.3) is 11.0 Å². The van der Waals surface area contributed by atoms with Crippen molar-refractivity contribution in [3.8, 4) is 5.88 Å². The molecule has 0 saturated carbocycles. The van der Waals surface area contributed by atoms with Gasteiger partial charge in [-0.25, -0.2) is 9.97 Å². The van der Waals surface area contributed by atoms with E-state index >= 15 is 0 Å². The number of hydrogen-bond acceptors (Lipinski definition) is 5. The SMILES string of the molecule is COc1cc(C(O)c2cc3ccccc3o2)ncn1. The van der Waals surface area contributed by atoms with Crippen LogP contribution in [0.1, 0.15) is 17.6 Å². The van der Waals surface area contributed by atoms with Gasteiger partial charge in [0.1, 0.15) is 17.7 Å². The molecule has 0 bridgehead atoms. The molecule has 96 valence electrons. The molecule has 0 amide bonds. The second-order valence-corrected chi connectivity index (χ2v) is 4.07. The van der Waals surface area contributed by atoms with Gasteiger partial charge in [0.25, 0.3) is 0 Å². The molecule has 0 aliphatic heterocycles. The van der Waals surface area contributed by atoms with Crippen molar-refractivity contribution in [1.82, 2.24) is 9.97 Å². The summed E-state index contributed by atoms with van der Waals surface area (Å²) in [7, 11) is 1.51. The van der Waals surface area contributed by atoms with Crippen molar-refractivity contribution in [3.63, 3.8) is 0 Å². The van der Waals surface area contributed by atoms with Crippen LogP contribution in [-0.2, 0) is 0 Å². The summed E-state index contributed by atoms with van der Waals surface area (Å²) >= 11 is 0. The fourth-order valence-corrected chi connectivity index (χ4v) is 1.90. The Balaban J connectivity index is 2.00. The van der Waals surface area contributed by atoms with Gasteiger partial charge in [0.05, 0.1) is 12.8 Å². The van der Waals surface area contributed by atoms with Crippen LogP contribution in [0.3, 0.4) is 0 Å². The molecule has 0 saturated heterocycles. The van der Waals surface area contributed by atoms with Crippen molar-refractivity contribution < 1.29 is 14.3 Å². The molecule has 2 aromatic heterocycles. The number of furan rings is 1. The molecular formula is C14H12N2O3. The summed E-state index contributed by atoms with van der Waals surface area (Å²) in [4.78, 5) is 7.93. The molecule has 3 aromatic rings. The van der Waals surface area contributed by atoms with E-state index in [9.17, 15) is 5.11 Å². The van der Waals surface area contributed by atoms with Crippen LogP contribution in [0.2, 0.25) is 0 Å². The zero-order chi connectivity index (χ0) is 13.2. The molecular weight excluding hydrogens is 244 g/mol. The number of benzene rings is 1. The van der Waals surface area contributed by atoms with Crippen LogP contribution in [-0.4, -0.2) is 22.2 Å². The van der Waals surface area contributed by atoms with Crippen molar-refractivity contribution in [3.05, 3.63) is 54.2 Å². The van der Waals surface area contributed by atoms with Gasteiger partial charge >= 0.3 is 0 Å². The van der Waals surface area contributed by atoms with Crippen LogP contribution in [0.15, 0.2) is 47.1 Å². The van der Waals surface area contributed by atoms with Gasteiger partial charge in [-0.15, -0.1) is 0 Å². The quantitative estimate of drug-likeness (QED) is 0.778. The molecule has 5 heteroatoms. The lowest BCUT2D eigenvalue weighted by atomic mass is 10.2. The molecule has 1 aromatic carbocycles. The minimum absolute atomic E-state index is 0.403. The molecule has 0 aliphatic rings. The second kappa shape index (κ2) is 4.70. The maximum Gasteiger partial charge on any atom is 0.216 e. The lowest BCUT2D eigenvalue weighted by molar-refractivity contribution is 0.187. The summed E-state index contributed by atoms with van der Waals surface area (Å²) in [5.41, 5.74) is 1.17. The third-order valence-corrected chi connectivity index (χ3v) is 2.87. The number of aliphatic hydroxyl groups is 1. The van der Waals surface area contributed by atoms with E-state index in [0.29, 0.717) is 17.3 Å². The number of methoxy groups -OCH3 is 1. The number of fused-ring (bicyclic) bond motifs is 1. The van der Waals surface area contributed by atoms with E-state index in [-0.39, 0.29) is 0 Å². The fraction of sp³-hybridized carbons (Fsp3) is 0.143. The van der Waals surface area contributed by atoms with Gasteiger partial charge in [-0.05, 0) is 12.1 Å². The Bertz CT molecular complexity index is 675. The van der Waals surface area contributed by atoms with Crippen LogP contribution >= 0.6 is 0 Å². The van der Waals surface area contributed by atoms with Gasteiger partial charge < -0.3 is 14.3 Å². The first-order valence-corrected chi connectivity index (χ1v) is 5.80. The van der Waals surface area contributed by atoms with Crippen molar-refractivity contribution >= 4 is 11.0 Å². The third kappa shape index (κ3) is 2.15. The van der Waals surface area contributed by atoms with Crippen molar-refractivity contribution in [2.75, 3.05) is 7.11 Å². The van der Waals surface area contributed by atoms with Crippen molar-refractivity contribution in [1.29, 1.82) is 0 Å². The number of ether oxygens (including phenoxy) is 1. The van der Waals surface area contributed by atoms with E-state index < -0.39 is 6.10 Å². The first kappa shape index (κ1) is 11.7. The van der Waals surface area contributed by atoms with E-state index in [0.717, 1.165) is 11.0 Å². The van der Waals surface area contributed by atoms with Gasteiger partial charge in [-0.1, -0.05) is 18.2 Å². The third-order valence-electron chi connectivity index (χ3n) is 2.87. The number of aromatic nitrogens is 2. The summed E-state index contributed by atoms with van der Waals surface area (Å²) in [6.07, 6.45) is 0.407. The largest absolute Gasteiger partial charge is 0.481 e. The smallest absolute Gasteiger partial charge is 0.216 e. The molecule has 0 radical (unpaired) electrons. The lowest BCUT2D eigenvalue weighted by Gasteiger charge is -2.07. The average molecular weight is 256 g/mol. The van der Waals surface area contributed by atoms with Crippen molar-refractivity contribution in [2.24, 2.45) is 0 Å². The highest BCUT2D eigenvalue weighted by atomic mass is 16.5. The highest BCUT2D eigenvalue weighted by molar-refractivity contribution is 5.77. The summed E-state index contributed by atoms with van der Waals surface area (Å²) < 4.78 is 10.6. The summed E-state index contributed by atoms with van der Waals surface area (Å²) in [6, 6.07) is 11.0. The predicted molar refractivity (Wildman–Crippen MR) is 68.9 cm³/mol. The second-order valence-electron chi connectivity index (χ2n) is 4.07. The van der Waals surface area contributed by atoms with Crippen LogP contribution in [0.5, 0.6) is 5.88 Å². The molecule has 1 N–H and O–H groups in total. The number of rotatable bonds is 3. The topological polar surface area (TPSA) is 68.4 Å². The maximum absolute atomic E-state index is 10.3. The highest BCUT2D eigenvalue weighted by Gasteiger charge is 2.17. The van der Waals surface area contributed by atoms with Gasteiger partial charge in [-0.3, -0.25) is 0 Å². The summed E-state index contributed by atoms with van der Waals surface area (Å²) in [5.74, 6) is 0.849. The molecule has 2 heterocycles. The van der Waals surface area contributed by atoms with Crippen LogP contribution < -0.4 is 4.74 Å². The van der Waals surface area contributed by atoms with Crippen molar-refractivity contribution in [2.45, 2.75) is 6.10 Å². The van der Waals surface area contributed by atoms with E-state index in [1.54, 1.807) is 12.1 Å². The molecule has 1 atom stereocenters. The Morgan fingerprint density at radius 3 is 2.84 bits per heavy atom. The summed E-state index contributed by atoms with van der Waals surface area (Å²) in [5, 5.41) is 11.2. The monoisotopic (exact) mass is 256 g/mol. The average Bonchev–Trinajstić information content (AvgIpc) is 2.90. The molecule has 0 fully saturated rings. The van der Waals surface area contributed by atoms with E-state index in [4.69, 9.17) is 9.15 Å². The Morgan fingerprint density at radius 1 is 1.21 bits per heavy atom. The zero-order valence-electron chi connectivity index (χ0n) is 10.3. The van der Waals surface area contributed by atoms with E-state index in [1.165, 1.54) is 13.4 Å². The van der Waals surface area contributed by atoms with Gasteiger partial charge in [-0.2, -0.15) is 0 Å². The maximum atomic E-state index is 10.3. The first-order chi connectivity index (χ1) is 9.28. The summed E-state index contributed by atoms with van der Waals surface area (Å²) in [6.45, 7) is 0. The molecule has 5 nitrogen and oxygen atoms in total. The Morgan fingerprint density at radius 2 is 2.05 bits per heavy atom. The molecule has 0 aliphatic carbocycles. The normalized spacial score (nSPS) is 12.5. The Hall–Kier alpha value is -2.40. The zero-order valence-corrected chi connectivity index (χ0v) is 10.3. The van der Waals surface area contributed by atoms with E-state index in [1.807, 2.05) is 24.3 Å². The standard InChI is InChI=1S/C14H12N2O3/c1-18-13-7-10(15-8-16-13)14(17)12-6-9-4-2-3-5-11(9)19-12/h2-8,14,17H,1H3. The van der Waals surface area contributed by atoms with Crippen LogP contribution in [0, 0.1) is 0 Å². The molecule has 3 rings (SSSR count). The Kier molecular flexibility index (Phi) is 2.89. The highest BCUT2D eigenvalue weighted by Crippen LogP contribution is 2.27. The molecule has 1 unspecified atom stereocenters. The van der Waals surface area contributed by atoms with E-state index in [2.05, 4.69) is 9.97 Å². The minimum Gasteiger partial charge on any atom is -0.481 e. The number of hydrogen-bond donors (Lipinski definition) is 1. The van der Waals surface area contributed by atoms with Gasteiger partial charge in [0, 0.05) is 11.5 Å². The predicted octanol–water partition coefficient (Wildman–Crippen LogP) is 2.31. The molecule has 0 spiro atoms. The van der Waals surface area contributed by atoms with Crippen LogP contribution in [0.4, 0.5) is 0 Å². The minimum atomic E-state index is -0.940. The first-order valence-electron chi connectivity index (χ1n) is 5.80. The molecule has 19 heavy (non-hydrogen) atoms. The van der Waals surface area contributed by atoms with Gasteiger partial charge in [0.15, 0.2) is 6.10 Å². The van der Waals surface area contributed by atoms with Gasteiger partial charge in [0.2, 0.25) is 5.88 Å².